The van der Waals surface area contributed by atoms with Crippen LogP contribution < -0.4 is 9.30 Å². The van der Waals surface area contributed by atoms with Gasteiger partial charge in [0.1, 0.15) is 5.82 Å². The summed E-state index contributed by atoms with van der Waals surface area (Å²) in [5.41, 5.74) is 4.54. The van der Waals surface area contributed by atoms with Crippen molar-refractivity contribution in [2.75, 3.05) is 0 Å². The molecule has 234 valence electrons. The third kappa shape index (κ3) is 6.27. The molecule has 7 rings (SSSR count). The maximum absolute atomic E-state index is 8.50. The van der Waals surface area contributed by atoms with Crippen LogP contribution in [0.1, 0.15) is 48.5 Å². The molecule has 7 heteroatoms. The van der Waals surface area contributed by atoms with Gasteiger partial charge < -0.3 is 9.30 Å². The molecule has 6 nitrogen and oxygen atoms in total. The van der Waals surface area contributed by atoms with Crippen molar-refractivity contribution in [3.8, 4) is 28.8 Å². The van der Waals surface area contributed by atoms with Crippen molar-refractivity contribution in [1.82, 2.24) is 19.1 Å². The molecule has 0 amide bonds. The van der Waals surface area contributed by atoms with E-state index in [-0.39, 0.29) is 32.4 Å². The minimum atomic E-state index is -1.44. The Morgan fingerprint density at radius 2 is 1.70 bits per heavy atom. The molecule has 0 saturated heterocycles. The van der Waals surface area contributed by atoms with Crippen molar-refractivity contribution < 1.29 is 33.1 Å². The minimum Gasteiger partial charge on any atom is -0.522 e. The third-order valence-corrected chi connectivity index (χ3v) is 7.66. The van der Waals surface area contributed by atoms with Gasteiger partial charge in [-0.25, -0.2) is 4.98 Å². The van der Waals surface area contributed by atoms with Crippen molar-refractivity contribution in [1.29, 1.82) is 0 Å². The number of para-hydroxylation sites is 1. The van der Waals surface area contributed by atoms with Gasteiger partial charge in [-0.05, 0) is 64.7 Å². The minimum absolute atomic E-state index is 0. The van der Waals surface area contributed by atoms with Crippen LogP contribution in [0.25, 0.3) is 39.1 Å². The smallest absolute Gasteiger partial charge is 0.268 e. The molecular weight excluding hydrogens is 750 g/mol. The second-order valence-corrected chi connectivity index (χ2v) is 12.4. The second-order valence-electron chi connectivity index (χ2n) is 12.4. The van der Waals surface area contributed by atoms with Crippen molar-refractivity contribution in [3.05, 3.63) is 133 Å². The molecule has 0 radical (unpaired) electrons. The molecule has 0 aliphatic carbocycles. The number of nitrogens with zero attached hydrogens (tertiary/aromatic N) is 5. The summed E-state index contributed by atoms with van der Waals surface area (Å²) in [6.07, 6.45) is 9.06. The van der Waals surface area contributed by atoms with E-state index in [0.717, 1.165) is 33.3 Å². The number of hydrogen-bond acceptors (Lipinski definition) is 3. The van der Waals surface area contributed by atoms with E-state index in [1.165, 1.54) is 5.56 Å². The maximum atomic E-state index is 8.50. The average molecular weight is 787 g/mol. The molecule has 0 saturated carbocycles. The zero-order chi connectivity index (χ0) is 32.9. The Morgan fingerprint density at radius 1 is 0.891 bits per heavy atom. The zero-order valence-corrected chi connectivity index (χ0v) is 28.6. The second kappa shape index (κ2) is 12.7. The van der Waals surface area contributed by atoms with Crippen LogP contribution >= 0.6 is 0 Å². The van der Waals surface area contributed by atoms with E-state index < -0.39 is 6.37 Å². The number of ether oxygens (including phenoxy) is 1. The van der Waals surface area contributed by atoms with Crippen LogP contribution in [0.2, 0.25) is 0 Å². The van der Waals surface area contributed by atoms with Crippen LogP contribution in [0.4, 0.5) is 0 Å². The molecule has 3 aromatic carbocycles. The van der Waals surface area contributed by atoms with Crippen molar-refractivity contribution in [2.45, 2.75) is 46.4 Å². The fourth-order valence-electron chi connectivity index (χ4n) is 5.50. The third-order valence-electron chi connectivity index (χ3n) is 7.66. The Labute approximate surface area is 287 Å². The summed E-state index contributed by atoms with van der Waals surface area (Å²) in [6, 6.07) is 32.5. The van der Waals surface area contributed by atoms with Crippen molar-refractivity contribution in [3.63, 3.8) is 0 Å². The fraction of sp³-hybridized carbons (Fsp3) is 0.205. The summed E-state index contributed by atoms with van der Waals surface area (Å²) in [5.74, 6) is 2.22. The van der Waals surface area contributed by atoms with Crippen LogP contribution in [0.15, 0.2) is 104 Å². The predicted octanol–water partition coefficient (Wildman–Crippen LogP) is 8.33. The van der Waals surface area contributed by atoms with Crippen LogP contribution in [-0.4, -0.2) is 19.1 Å². The van der Waals surface area contributed by atoms with Crippen molar-refractivity contribution >= 4 is 21.8 Å². The number of hydrogen-bond donors (Lipinski definition) is 0. The summed E-state index contributed by atoms with van der Waals surface area (Å²) in [5, 5.41) is 2.18. The van der Waals surface area contributed by atoms with E-state index in [1.54, 1.807) is 16.8 Å². The van der Waals surface area contributed by atoms with Gasteiger partial charge in [-0.2, -0.15) is 18.2 Å². The Bertz CT molecular complexity index is 2250. The Morgan fingerprint density at radius 3 is 2.52 bits per heavy atom. The van der Waals surface area contributed by atoms with Gasteiger partial charge in [0.2, 0.25) is 0 Å². The first kappa shape index (κ1) is 28.9. The van der Waals surface area contributed by atoms with E-state index in [0.29, 0.717) is 22.9 Å². The molecule has 0 fully saturated rings. The van der Waals surface area contributed by atoms with Gasteiger partial charge in [0.05, 0.1) is 11.5 Å². The fourth-order valence-corrected chi connectivity index (χ4v) is 5.50. The molecule has 0 bridgehead atoms. The Kier molecular flexibility index (Phi) is 7.97. The normalized spacial score (nSPS) is 12.7. The summed E-state index contributed by atoms with van der Waals surface area (Å²) in [7, 11) is 0. The largest absolute Gasteiger partial charge is 0.522 e. The topological polar surface area (TPSA) is 48.8 Å². The van der Waals surface area contributed by atoms with E-state index in [4.69, 9.17) is 12.5 Å². The number of aromatic nitrogens is 5. The molecule has 4 aromatic heterocycles. The summed E-state index contributed by atoms with van der Waals surface area (Å²) >= 11 is 0. The number of pyridine rings is 2. The summed E-state index contributed by atoms with van der Waals surface area (Å²) in [4.78, 5) is 9.26. The van der Waals surface area contributed by atoms with Gasteiger partial charge in [0, 0.05) is 53.7 Å². The molecule has 0 atom stereocenters. The molecule has 0 spiro atoms. The number of rotatable bonds is 7. The molecule has 0 unspecified atom stereocenters. The molecular formula is C39H35N5OPt-2. The molecule has 7 aromatic rings. The average Bonchev–Trinajstić information content (AvgIpc) is 3.68. The maximum Gasteiger partial charge on any atom is 0.268 e. The van der Waals surface area contributed by atoms with Crippen LogP contribution in [-0.2, 0) is 32.9 Å². The van der Waals surface area contributed by atoms with Gasteiger partial charge in [0.15, 0.2) is 0 Å². The SMILES string of the molecule is [2H]C([2H])(c1cccc(-[n+]2[c-]n(-c3[c-]c(Oc4[c-]c5c(cc4)c4ccccc4n5-c4cc(C(C)(C)C)ccn4)ccn3)cc2)c1)C(C)C.[Pt]. The van der Waals surface area contributed by atoms with Gasteiger partial charge in [0.25, 0.3) is 6.33 Å². The molecule has 4 heterocycles. The van der Waals surface area contributed by atoms with Crippen LogP contribution in [0.3, 0.4) is 0 Å². The number of benzene rings is 3. The van der Waals surface area contributed by atoms with Gasteiger partial charge in [-0.3, -0.25) is 14.1 Å². The molecule has 0 aliphatic rings. The molecule has 0 N–H and O–H groups in total. The van der Waals surface area contributed by atoms with Crippen molar-refractivity contribution in [2.24, 2.45) is 5.92 Å². The predicted molar refractivity (Wildman–Crippen MR) is 177 cm³/mol. The van der Waals surface area contributed by atoms with Gasteiger partial charge in [-0.15, -0.1) is 17.5 Å². The van der Waals surface area contributed by atoms with E-state index in [2.05, 4.69) is 79.1 Å². The monoisotopic (exact) mass is 786 g/mol. The first-order valence-corrected chi connectivity index (χ1v) is 15.1. The Hall–Kier alpha value is -4.54. The Balaban J connectivity index is 0.00000401. The molecule has 46 heavy (non-hydrogen) atoms. The number of imidazole rings is 1. The number of fused-ring (bicyclic) bond motifs is 3. The quantitative estimate of drug-likeness (QED) is 0.121. The summed E-state index contributed by atoms with van der Waals surface area (Å²) in [6.45, 7) is 10.4. The van der Waals surface area contributed by atoms with E-state index in [9.17, 15) is 0 Å². The van der Waals surface area contributed by atoms with E-state index in [1.807, 2.05) is 79.5 Å². The van der Waals surface area contributed by atoms with Crippen LogP contribution in [0.5, 0.6) is 11.5 Å². The standard InChI is InChI=1S/C39H35N5O.Pt/c1-27(2)21-28-9-8-10-30(22-28)42-19-20-43(26-42)37-25-32(16-18-40-37)45-31-13-14-34-33-11-6-7-12-35(33)44(36(34)24-31)38-23-29(15-17-41-38)39(3,4)5;/h6-20,22-23,27H,21H2,1-5H3;/q-2;/i21D2;. The van der Waals surface area contributed by atoms with Gasteiger partial charge in [-0.1, -0.05) is 82.2 Å². The zero-order valence-electron chi connectivity index (χ0n) is 28.4. The first-order valence-electron chi connectivity index (χ1n) is 16.1. The molecule has 0 aliphatic heterocycles. The summed E-state index contributed by atoms with van der Waals surface area (Å²) < 4.78 is 29.0. The van der Waals surface area contributed by atoms with Gasteiger partial charge >= 0.3 is 0 Å². The first-order chi connectivity index (χ1) is 22.5. The van der Waals surface area contributed by atoms with E-state index >= 15 is 0 Å². The van der Waals surface area contributed by atoms with Crippen LogP contribution in [0, 0.1) is 24.4 Å².